The van der Waals surface area contributed by atoms with Crippen molar-refractivity contribution in [2.24, 2.45) is 5.92 Å². The van der Waals surface area contributed by atoms with E-state index in [1.807, 2.05) is 31.3 Å². The van der Waals surface area contributed by atoms with E-state index in [-0.39, 0.29) is 0 Å². The number of benzene rings is 1. The summed E-state index contributed by atoms with van der Waals surface area (Å²) in [5.41, 5.74) is 1.05. The third-order valence-corrected chi connectivity index (χ3v) is 4.36. The minimum Gasteiger partial charge on any atom is -0.339 e. The standard InChI is InChI=1S/C15H20BrN5/c1-17-9-11-4-3-7-21(10-11)15-18-14(19-20-15)12-5-2-6-13(16)8-12/h2,5-6,8,11,17H,3-4,7,9-10H2,1H3,(H,18,19,20). The fourth-order valence-corrected chi connectivity index (χ4v) is 3.26. The van der Waals surface area contributed by atoms with E-state index in [1.54, 1.807) is 0 Å². The van der Waals surface area contributed by atoms with Crippen molar-refractivity contribution in [1.82, 2.24) is 20.5 Å². The molecule has 5 nitrogen and oxygen atoms in total. The number of H-pyrrole nitrogens is 1. The first-order valence-corrected chi connectivity index (χ1v) is 8.13. The highest BCUT2D eigenvalue weighted by Gasteiger charge is 2.22. The van der Waals surface area contributed by atoms with Gasteiger partial charge in [-0.15, -0.1) is 5.10 Å². The quantitative estimate of drug-likeness (QED) is 0.890. The van der Waals surface area contributed by atoms with Gasteiger partial charge in [-0.25, -0.2) is 0 Å². The smallest absolute Gasteiger partial charge is 0.245 e. The Kier molecular flexibility index (Phi) is 4.55. The van der Waals surface area contributed by atoms with Crippen molar-refractivity contribution in [1.29, 1.82) is 0 Å². The molecule has 1 unspecified atom stereocenters. The van der Waals surface area contributed by atoms with E-state index in [9.17, 15) is 0 Å². The van der Waals surface area contributed by atoms with E-state index in [4.69, 9.17) is 0 Å². The van der Waals surface area contributed by atoms with Crippen LogP contribution in [0.15, 0.2) is 28.7 Å². The lowest BCUT2D eigenvalue weighted by Crippen LogP contribution is -2.39. The summed E-state index contributed by atoms with van der Waals surface area (Å²) in [7, 11) is 2.01. The summed E-state index contributed by atoms with van der Waals surface area (Å²) in [6.07, 6.45) is 2.48. The van der Waals surface area contributed by atoms with Crippen LogP contribution < -0.4 is 10.2 Å². The van der Waals surface area contributed by atoms with E-state index in [2.05, 4.69) is 41.3 Å². The summed E-state index contributed by atoms with van der Waals surface area (Å²) in [6.45, 7) is 3.12. The van der Waals surface area contributed by atoms with E-state index in [0.29, 0.717) is 5.92 Å². The molecule has 2 heterocycles. The summed E-state index contributed by atoms with van der Waals surface area (Å²) >= 11 is 3.49. The Balaban J connectivity index is 1.75. The number of nitrogens with zero attached hydrogens (tertiary/aromatic N) is 3. The van der Waals surface area contributed by atoms with Crippen LogP contribution in [0.5, 0.6) is 0 Å². The van der Waals surface area contributed by atoms with Crippen LogP contribution >= 0.6 is 15.9 Å². The molecule has 1 aromatic carbocycles. The van der Waals surface area contributed by atoms with E-state index in [1.165, 1.54) is 12.8 Å². The number of rotatable bonds is 4. The molecule has 112 valence electrons. The molecule has 1 atom stereocenters. The summed E-state index contributed by atoms with van der Waals surface area (Å²) in [4.78, 5) is 6.94. The van der Waals surface area contributed by atoms with Gasteiger partial charge in [0.25, 0.3) is 0 Å². The molecule has 1 aromatic heterocycles. The Morgan fingerprint density at radius 2 is 2.38 bits per heavy atom. The first-order chi connectivity index (χ1) is 10.3. The zero-order valence-corrected chi connectivity index (χ0v) is 13.7. The fraction of sp³-hybridized carbons (Fsp3) is 0.467. The lowest BCUT2D eigenvalue weighted by molar-refractivity contribution is 0.399. The highest BCUT2D eigenvalue weighted by Crippen LogP contribution is 2.24. The third kappa shape index (κ3) is 3.44. The van der Waals surface area contributed by atoms with Crippen molar-refractivity contribution >= 4 is 21.9 Å². The molecular weight excluding hydrogens is 330 g/mol. The molecule has 3 rings (SSSR count). The first kappa shape index (κ1) is 14.5. The van der Waals surface area contributed by atoms with Crippen LogP contribution in [0.25, 0.3) is 11.4 Å². The number of nitrogens with one attached hydrogen (secondary N) is 2. The Bertz CT molecular complexity index is 595. The molecule has 6 heteroatoms. The minimum atomic E-state index is 0.677. The maximum atomic E-state index is 4.66. The second-order valence-electron chi connectivity index (χ2n) is 5.51. The third-order valence-electron chi connectivity index (χ3n) is 3.87. The van der Waals surface area contributed by atoms with Crippen LogP contribution in [-0.2, 0) is 0 Å². The van der Waals surface area contributed by atoms with Crippen LogP contribution in [0.3, 0.4) is 0 Å². The normalized spacial score (nSPS) is 19.0. The van der Waals surface area contributed by atoms with Gasteiger partial charge in [0.15, 0.2) is 5.82 Å². The van der Waals surface area contributed by atoms with Crippen LogP contribution in [0.2, 0.25) is 0 Å². The first-order valence-electron chi connectivity index (χ1n) is 7.34. The molecule has 1 aliphatic rings. The molecular formula is C15H20BrN5. The largest absolute Gasteiger partial charge is 0.339 e. The lowest BCUT2D eigenvalue weighted by atomic mass is 9.98. The summed E-state index contributed by atoms with van der Waals surface area (Å²) in [6, 6.07) is 8.10. The number of hydrogen-bond acceptors (Lipinski definition) is 4. The van der Waals surface area contributed by atoms with Gasteiger partial charge < -0.3 is 10.2 Å². The van der Waals surface area contributed by atoms with Gasteiger partial charge in [-0.2, -0.15) is 4.98 Å². The molecule has 2 N–H and O–H groups in total. The van der Waals surface area contributed by atoms with Crippen LogP contribution in [0.1, 0.15) is 12.8 Å². The molecule has 1 fully saturated rings. The SMILES string of the molecule is CNCC1CCCN(c2n[nH]c(-c3cccc(Br)c3)n2)C1. The van der Waals surface area contributed by atoms with Crippen LogP contribution in [0, 0.1) is 5.92 Å². The summed E-state index contributed by atoms with van der Waals surface area (Å²) in [5.74, 6) is 2.31. The molecule has 0 radical (unpaired) electrons. The number of hydrogen-bond donors (Lipinski definition) is 2. The fourth-order valence-electron chi connectivity index (χ4n) is 2.86. The molecule has 0 amide bonds. The van der Waals surface area contributed by atoms with Gasteiger partial charge in [0, 0.05) is 23.1 Å². The minimum absolute atomic E-state index is 0.677. The van der Waals surface area contributed by atoms with Gasteiger partial charge in [0.2, 0.25) is 5.95 Å². The highest BCUT2D eigenvalue weighted by molar-refractivity contribution is 9.10. The Morgan fingerprint density at radius 1 is 1.48 bits per heavy atom. The molecule has 0 bridgehead atoms. The zero-order chi connectivity index (χ0) is 14.7. The average molecular weight is 350 g/mol. The maximum Gasteiger partial charge on any atom is 0.245 e. The number of anilines is 1. The highest BCUT2D eigenvalue weighted by atomic mass is 79.9. The summed E-state index contributed by atoms with van der Waals surface area (Å²) < 4.78 is 1.05. The van der Waals surface area contributed by atoms with Crippen molar-refractivity contribution in [2.45, 2.75) is 12.8 Å². The molecule has 1 aliphatic heterocycles. The van der Waals surface area contributed by atoms with E-state index >= 15 is 0 Å². The van der Waals surface area contributed by atoms with Gasteiger partial charge in [-0.3, -0.25) is 5.10 Å². The van der Waals surface area contributed by atoms with Crippen molar-refractivity contribution < 1.29 is 0 Å². The van der Waals surface area contributed by atoms with Crippen molar-refractivity contribution in [3.05, 3.63) is 28.7 Å². The monoisotopic (exact) mass is 349 g/mol. The number of aromatic amines is 1. The zero-order valence-electron chi connectivity index (χ0n) is 12.1. The topological polar surface area (TPSA) is 56.8 Å². The number of aromatic nitrogens is 3. The predicted molar refractivity (Wildman–Crippen MR) is 88.4 cm³/mol. The molecule has 21 heavy (non-hydrogen) atoms. The molecule has 0 spiro atoms. The Labute approximate surface area is 133 Å². The van der Waals surface area contributed by atoms with Gasteiger partial charge in [0.1, 0.15) is 0 Å². The van der Waals surface area contributed by atoms with Crippen LogP contribution in [0.4, 0.5) is 5.95 Å². The van der Waals surface area contributed by atoms with Crippen LogP contribution in [-0.4, -0.2) is 41.9 Å². The van der Waals surface area contributed by atoms with Crippen molar-refractivity contribution in [2.75, 3.05) is 31.6 Å². The Morgan fingerprint density at radius 3 is 3.19 bits per heavy atom. The lowest BCUT2D eigenvalue weighted by Gasteiger charge is -2.31. The number of piperidine rings is 1. The average Bonchev–Trinajstić information content (AvgIpc) is 2.98. The second-order valence-corrected chi connectivity index (χ2v) is 6.42. The maximum absolute atomic E-state index is 4.66. The van der Waals surface area contributed by atoms with Gasteiger partial charge in [0.05, 0.1) is 0 Å². The van der Waals surface area contributed by atoms with E-state index < -0.39 is 0 Å². The summed E-state index contributed by atoms with van der Waals surface area (Å²) in [5, 5.41) is 10.7. The van der Waals surface area contributed by atoms with E-state index in [0.717, 1.165) is 41.4 Å². The molecule has 0 saturated carbocycles. The molecule has 2 aromatic rings. The predicted octanol–water partition coefficient (Wildman–Crippen LogP) is 2.67. The van der Waals surface area contributed by atoms with Crippen molar-refractivity contribution in [3.8, 4) is 11.4 Å². The Hall–Kier alpha value is -1.40. The number of halogens is 1. The second kappa shape index (κ2) is 6.58. The van der Waals surface area contributed by atoms with Gasteiger partial charge in [-0.05, 0) is 44.5 Å². The molecule has 0 aliphatic carbocycles. The van der Waals surface area contributed by atoms with Gasteiger partial charge >= 0.3 is 0 Å². The van der Waals surface area contributed by atoms with Crippen molar-refractivity contribution in [3.63, 3.8) is 0 Å². The van der Waals surface area contributed by atoms with Gasteiger partial charge in [-0.1, -0.05) is 28.1 Å². The molecule has 1 saturated heterocycles.